The molecule has 3 nitrogen and oxygen atoms in total. The van der Waals surface area contributed by atoms with Crippen molar-refractivity contribution in [3.05, 3.63) is 107 Å². The zero-order chi connectivity index (χ0) is 20.3. The van der Waals surface area contributed by atoms with E-state index in [-0.39, 0.29) is 11.8 Å². The molecule has 1 saturated heterocycles. The maximum atomic E-state index is 13.1. The maximum absolute atomic E-state index is 13.1. The molecule has 0 aromatic heterocycles. The molecule has 2 heterocycles. The molecule has 3 heteroatoms. The van der Waals surface area contributed by atoms with E-state index < -0.39 is 0 Å². The summed E-state index contributed by atoms with van der Waals surface area (Å²) in [6.07, 6.45) is 1.65. The van der Waals surface area contributed by atoms with Crippen LogP contribution in [0.15, 0.2) is 84.9 Å². The van der Waals surface area contributed by atoms with Crippen molar-refractivity contribution in [2.75, 3.05) is 19.6 Å². The molecular weight excluding hydrogens is 368 g/mol. The minimum atomic E-state index is 0.112. The van der Waals surface area contributed by atoms with Gasteiger partial charge in [0.25, 0.3) is 0 Å². The molecule has 0 bridgehead atoms. The third kappa shape index (κ3) is 3.90. The smallest absolute Gasteiger partial charge is 0.223 e. The highest BCUT2D eigenvalue weighted by atomic mass is 16.2. The van der Waals surface area contributed by atoms with Crippen molar-refractivity contribution in [3.63, 3.8) is 0 Å². The molecule has 0 spiro atoms. The van der Waals surface area contributed by atoms with Gasteiger partial charge in [-0.15, -0.1) is 0 Å². The number of hydrogen-bond donors (Lipinski definition) is 0. The van der Waals surface area contributed by atoms with Gasteiger partial charge in [-0.1, -0.05) is 84.9 Å². The average molecular weight is 397 g/mol. The molecule has 152 valence electrons. The first kappa shape index (κ1) is 19.1. The van der Waals surface area contributed by atoms with Crippen LogP contribution in [0, 0.1) is 0 Å². The summed E-state index contributed by atoms with van der Waals surface area (Å²) in [6.45, 7) is 3.83. The monoisotopic (exact) mass is 396 g/mol. The second kappa shape index (κ2) is 8.45. The van der Waals surface area contributed by atoms with Crippen LogP contribution >= 0.6 is 0 Å². The number of likely N-dealkylation sites (tertiary alicyclic amines) is 1. The van der Waals surface area contributed by atoms with E-state index in [1.54, 1.807) is 0 Å². The van der Waals surface area contributed by atoms with E-state index in [9.17, 15) is 4.79 Å². The summed E-state index contributed by atoms with van der Waals surface area (Å²) < 4.78 is 0. The molecule has 5 rings (SSSR count). The largest absolute Gasteiger partial charge is 0.339 e. The Labute approximate surface area is 178 Å². The molecule has 0 saturated carbocycles. The molecule has 0 unspecified atom stereocenters. The lowest BCUT2D eigenvalue weighted by Crippen LogP contribution is -2.61. The van der Waals surface area contributed by atoms with Gasteiger partial charge in [-0.05, 0) is 28.7 Å². The Bertz CT molecular complexity index is 956. The van der Waals surface area contributed by atoms with E-state index in [1.165, 1.54) is 22.3 Å². The Kier molecular flexibility index (Phi) is 5.37. The van der Waals surface area contributed by atoms with Crippen molar-refractivity contribution >= 4 is 5.91 Å². The maximum Gasteiger partial charge on any atom is 0.223 e. The molecule has 3 aromatic carbocycles. The number of carbonyl (C=O) groups excluding carboxylic acids is 1. The Morgan fingerprint density at radius 3 is 2.00 bits per heavy atom. The SMILES string of the molecule is O=C(CC(c1ccccc1)c1ccccc1)N1CC(N2CCc3ccccc3C2)C1. The molecule has 2 aliphatic heterocycles. The number of carbonyl (C=O) groups is 1. The first-order valence-corrected chi connectivity index (χ1v) is 11.0. The summed E-state index contributed by atoms with van der Waals surface area (Å²) in [4.78, 5) is 17.7. The Morgan fingerprint density at radius 1 is 0.800 bits per heavy atom. The first-order valence-electron chi connectivity index (χ1n) is 11.0. The summed E-state index contributed by atoms with van der Waals surface area (Å²) >= 11 is 0. The number of benzene rings is 3. The van der Waals surface area contributed by atoms with E-state index in [1.807, 2.05) is 17.0 Å². The van der Waals surface area contributed by atoms with Crippen molar-refractivity contribution in [3.8, 4) is 0 Å². The Hall–Kier alpha value is -2.91. The van der Waals surface area contributed by atoms with Gasteiger partial charge in [-0.25, -0.2) is 0 Å². The average Bonchev–Trinajstić information content (AvgIpc) is 2.77. The molecule has 0 atom stereocenters. The van der Waals surface area contributed by atoms with Gasteiger partial charge in [0, 0.05) is 44.6 Å². The van der Waals surface area contributed by atoms with Crippen molar-refractivity contribution in [2.24, 2.45) is 0 Å². The van der Waals surface area contributed by atoms with E-state index in [0.717, 1.165) is 32.6 Å². The van der Waals surface area contributed by atoms with Gasteiger partial charge in [-0.2, -0.15) is 0 Å². The number of rotatable bonds is 5. The van der Waals surface area contributed by atoms with Gasteiger partial charge in [-0.3, -0.25) is 9.69 Å². The molecule has 2 aliphatic rings. The van der Waals surface area contributed by atoms with Crippen LogP contribution in [0.2, 0.25) is 0 Å². The summed E-state index contributed by atoms with van der Waals surface area (Å²) in [7, 11) is 0. The van der Waals surface area contributed by atoms with E-state index in [4.69, 9.17) is 0 Å². The summed E-state index contributed by atoms with van der Waals surface area (Å²) in [5.74, 6) is 0.377. The fourth-order valence-electron chi connectivity index (χ4n) is 4.82. The zero-order valence-electron chi connectivity index (χ0n) is 17.3. The van der Waals surface area contributed by atoms with Crippen molar-refractivity contribution in [1.82, 2.24) is 9.80 Å². The van der Waals surface area contributed by atoms with Crippen LogP contribution in [0.5, 0.6) is 0 Å². The quantitative estimate of drug-likeness (QED) is 0.635. The van der Waals surface area contributed by atoms with E-state index >= 15 is 0 Å². The van der Waals surface area contributed by atoms with Gasteiger partial charge in [0.2, 0.25) is 5.91 Å². The van der Waals surface area contributed by atoms with Crippen molar-refractivity contribution in [1.29, 1.82) is 0 Å². The second-order valence-electron chi connectivity index (χ2n) is 8.52. The van der Waals surface area contributed by atoms with Gasteiger partial charge < -0.3 is 4.90 Å². The molecule has 1 fully saturated rings. The third-order valence-corrected chi connectivity index (χ3v) is 6.67. The summed E-state index contributed by atoms with van der Waals surface area (Å²) in [5.41, 5.74) is 5.35. The topological polar surface area (TPSA) is 23.6 Å². The van der Waals surface area contributed by atoms with Crippen LogP contribution in [0.3, 0.4) is 0 Å². The molecule has 1 amide bonds. The molecule has 0 N–H and O–H groups in total. The highest BCUT2D eigenvalue weighted by Crippen LogP contribution is 2.30. The number of hydrogen-bond acceptors (Lipinski definition) is 2. The fourth-order valence-corrected chi connectivity index (χ4v) is 4.82. The number of amides is 1. The first-order chi connectivity index (χ1) is 14.8. The predicted octanol–water partition coefficient (Wildman–Crippen LogP) is 4.48. The summed E-state index contributed by atoms with van der Waals surface area (Å²) in [5, 5.41) is 0. The normalized spacial score (nSPS) is 16.9. The fraction of sp³-hybridized carbons (Fsp3) is 0.296. The van der Waals surface area contributed by atoms with Crippen molar-refractivity contribution in [2.45, 2.75) is 31.3 Å². The molecule has 0 aliphatic carbocycles. The standard InChI is InChI=1S/C27H28N2O/c30-27(17-26(22-10-3-1-4-11-22)23-12-5-2-6-13-23)29-19-25(20-29)28-16-15-21-9-7-8-14-24(21)18-28/h1-14,25-26H,15-20H2. The molecule has 30 heavy (non-hydrogen) atoms. The Morgan fingerprint density at radius 2 is 1.37 bits per heavy atom. The number of fused-ring (bicyclic) bond motifs is 1. The summed E-state index contributed by atoms with van der Waals surface area (Å²) in [6, 6.07) is 30.1. The van der Waals surface area contributed by atoms with E-state index in [0.29, 0.717) is 12.5 Å². The van der Waals surface area contributed by atoms with Crippen LogP contribution in [0.4, 0.5) is 0 Å². The Balaban J connectivity index is 1.23. The lowest BCUT2D eigenvalue weighted by Gasteiger charge is -2.47. The number of nitrogens with zero attached hydrogens (tertiary/aromatic N) is 2. The molecule has 0 radical (unpaired) electrons. The van der Waals surface area contributed by atoms with Crippen LogP contribution < -0.4 is 0 Å². The lowest BCUT2D eigenvalue weighted by molar-refractivity contribution is -0.139. The van der Waals surface area contributed by atoms with Gasteiger partial charge in [0.15, 0.2) is 0 Å². The highest BCUT2D eigenvalue weighted by molar-refractivity contribution is 5.78. The lowest BCUT2D eigenvalue weighted by atomic mass is 9.87. The van der Waals surface area contributed by atoms with Crippen LogP contribution in [-0.2, 0) is 17.8 Å². The van der Waals surface area contributed by atoms with Gasteiger partial charge in [0.05, 0.1) is 0 Å². The van der Waals surface area contributed by atoms with E-state index in [2.05, 4.69) is 77.7 Å². The second-order valence-corrected chi connectivity index (χ2v) is 8.52. The van der Waals surface area contributed by atoms with Crippen molar-refractivity contribution < 1.29 is 4.79 Å². The zero-order valence-corrected chi connectivity index (χ0v) is 17.3. The van der Waals surface area contributed by atoms with Gasteiger partial charge >= 0.3 is 0 Å². The highest BCUT2D eigenvalue weighted by Gasteiger charge is 2.36. The third-order valence-electron chi connectivity index (χ3n) is 6.67. The van der Waals surface area contributed by atoms with Gasteiger partial charge in [0.1, 0.15) is 0 Å². The van der Waals surface area contributed by atoms with Crippen LogP contribution in [0.25, 0.3) is 0 Å². The minimum Gasteiger partial charge on any atom is -0.339 e. The minimum absolute atomic E-state index is 0.112. The van der Waals surface area contributed by atoms with Crippen LogP contribution in [0.1, 0.15) is 34.6 Å². The molecule has 3 aromatic rings. The van der Waals surface area contributed by atoms with Crippen LogP contribution in [-0.4, -0.2) is 41.4 Å². The molecular formula is C27H28N2O. The predicted molar refractivity (Wildman–Crippen MR) is 120 cm³/mol.